The van der Waals surface area contributed by atoms with Gasteiger partial charge in [-0.1, -0.05) is 33.6 Å². The number of nitrogens with two attached hydrogens (primary N) is 1. The van der Waals surface area contributed by atoms with Gasteiger partial charge in [0.1, 0.15) is 0 Å². The first-order chi connectivity index (χ1) is 11.0. The smallest absolute Gasteiger partial charge is 0.00436 e. The van der Waals surface area contributed by atoms with Gasteiger partial charge in [0.15, 0.2) is 0 Å². The van der Waals surface area contributed by atoms with E-state index in [0.717, 1.165) is 42.1 Å². The monoisotopic (exact) mass is 317 g/mol. The van der Waals surface area contributed by atoms with Crippen molar-refractivity contribution in [3.63, 3.8) is 0 Å². The van der Waals surface area contributed by atoms with Gasteiger partial charge in [-0.05, 0) is 104 Å². The van der Waals surface area contributed by atoms with Gasteiger partial charge in [0.2, 0.25) is 0 Å². The van der Waals surface area contributed by atoms with E-state index < -0.39 is 0 Å². The van der Waals surface area contributed by atoms with Crippen molar-refractivity contribution in [2.45, 2.75) is 85.0 Å². The molecule has 4 saturated carbocycles. The first kappa shape index (κ1) is 16.4. The lowest BCUT2D eigenvalue weighted by molar-refractivity contribution is -0.131. The van der Waals surface area contributed by atoms with Crippen molar-refractivity contribution in [2.24, 2.45) is 52.1 Å². The maximum absolute atomic E-state index is 6.21. The molecule has 0 aromatic carbocycles. The van der Waals surface area contributed by atoms with Crippen molar-refractivity contribution in [3.8, 4) is 0 Å². The van der Waals surface area contributed by atoms with Gasteiger partial charge in [0, 0.05) is 0 Å². The van der Waals surface area contributed by atoms with Crippen molar-refractivity contribution >= 4 is 0 Å². The van der Waals surface area contributed by atoms with E-state index >= 15 is 0 Å². The van der Waals surface area contributed by atoms with E-state index in [4.69, 9.17) is 5.73 Å². The molecule has 0 radical (unpaired) electrons. The van der Waals surface area contributed by atoms with Crippen molar-refractivity contribution < 1.29 is 0 Å². The molecule has 4 aliphatic carbocycles. The fourth-order valence-corrected chi connectivity index (χ4v) is 8.31. The van der Waals surface area contributed by atoms with Crippen LogP contribution in [-0.4, -0.2) is 6.54 Å². The fraction of sp³-hybridized carbons (Fsp3) is 1.00. The molecule has 8 atom stereocenters. The summed E-state index contributed by atoms with van der Waals surface area (Å²) in [7, 11) is 0. The Labute approximate surface area is 144 Å². The van der Waals surface area contributed by atoms with Crippen LogP contribution < -0.4 is 5.73 Å². The Bertz CT molecular complexity index is 445. The summed E-state index contributed by atoms with van der Waals surface area (Å²) in [5.74, 6) is 5.90. The molecule has 132 valence electrons. The van der Waals surface area contributed by atoms with Crippen LogP contribution in [0, 0.1) is 46.3 Å². The van der Waals surface area contributed by atoms with E-state index in [0.29, 0.717) is 10.8 Å². The van der Waals surface area contributed by atoms with Crippen LogP contribution in [0.5, 0.6) is 0 Å². The fourth-order valence-electron chi connectivity index (χ4n) is 8.31. The highest BCUT2D eigenvalue weighted by molar-refractivity contribution is 5.06. The Morgan fingerprint density at radius 3 is 2.39 bits per heavy atom. The maximum atomic E-state index is 6.21. The summed E-state index contributed by atoms with van der Waals surface area (Å²) in [6.07, 6.45) is 14.9. The first-order valence-corrected chi connectivity index (χ1v) is 10.7. The molecule has 4 rings (SSSR count). The van der Waals surface area contributed by atoms with Crippen molar-refractivity contribution in [1.82, 2.24) is 0 Å². The molecule has 0 aromatic heterocycles. The third-order valence-corrected chi connectivity index (χ3v) is 9.46. The van der Waals surface area contributed by atoms with Gasteiger partial charge >= 0.3 is 0 Å². The van der Waals surface area contributed by atoms with Gasteiger partial charge in [-0.25, -0.2) is 0 Å². The molecule has 0 aliphatic heterocycles. The minimum Gasteiger partial charge on any atom is -0.330 e. The van der Waals surface area contributed by atoms with Gasteiger partial charge in [0.05, 0.1) is 0 Å². The Morgan fingerprint density at radius 1 is 0.870 bits per heavy atom. The van der Waals surface area contributed by atoms with Crippen LogP contribution >= 0.6 is 0 Å². The molecule has 4 fully saturated rings. The zero-order valence-corrected chi connectivity index (χ0v) is 15.8. The summed E-state index contributed by atoms with van der Waals surface area (Å²) >= 11 is 0. The average molecular weight is 318 g/mol. The molecule has 2 unspecified atom stereocenters. The van der Waals surface area contributed by atoms with Crippen molar-refractivity contribution in [2.75, 3.05) is 6.54 Å². The standard InChI is InChI=1S/C22H39N/c1-15-7-8-19-17-10-12-22(3)16(14-23)5-4-6-20(22)18(17)9-11-21(19,2)13-15/h15-20H,4-14,23H2,1-3H3/t15-,16+,17?,18+,19+,20?,21+,22+/m0/s1. The third kappa shape index (κ3) is 2.43. The molecule has 0 heterocycles. The van der Waals surface area contributed by atoms with Gasteiger partial charge in [-0.3, -0.25) is 0 Å². The number of hydrogen-bond acceptors (Lipinski definition) is 1. The van der Waals surface area contributed by atoms with E-state index in [1.54, 1.807) is 0 Å². The highest BCUT2D eigenvalue weighted by atomic mass is 14.7. The second-order valence-corrected chi connectivity index (χ2v) is 10.5. The van der Waals surface area contributed by atoms with Gasteiger partial charge in [0.25, 0.3) is 0 Å². The van der Waals surface area contributed by atoms with Crippen molar-refractivity contribution in [1.29, 1.82) is 0 Å². The van der Waals surface area contributed by atoms with E-state index in [1.165, 1.54) is 64.2 Å². The van der Waals surface area contributed by atoms with E-state index in [-0.39, 0.29) is 0 Å². The lowest BCUT2D eigenvalue weighted by Crippen LogP contribution is -2.55. The number of hydrogen-bond donors (Lipinski definition) is 1. The molecule has 23 heavy (non-hydrogen) atoms. The molecule has 0 amide bonds. The van der Waals surface area contributed by atoms with Crippen molar-refractivity contribution in [3.05, 3.63) is 0 Å². The predicted molar refractivity (Wildman–Crippen MR) is 98.1 cm³/mol. The minimum absolute atomic E-state index is 0.573. The molecule has 0 bridgehead atoms. The Balaban J connectivity index is 1.60. The summed E-state index contributed by atoms with van der Waals surface area (Å²) in [6.45, 7) is 8.71. The minimum atomic E-state index is 0.573. The Morgan fingerprint density at radius 2 is 1.61 bits per heavy atom. The first-order valence-electron chi connectivity index (χ1n) is 10.7. The number of fused-ring (bicyclic) bond motifs is 5. The van der Waals surface area contributed by atoms with Gasteiger partial charge in [-0.2, -0.15) is 0 Å². The Kier molecular flexibility index (Phi) is 4.11. The lowest BCUT2D eigenvalue weighted by Gasteiger charge is -2.63. The topological polar surface area (TPSA) is 26.0 Å². The van der Waals surface area contributed by atoms with Crippen LogP contribution in [0.3, 0.4) is 0 Å². The third-order valence-electron chi connectivity index (χ3n) is 9.46. The quantitative estimate of drug-likeness (QED) is 0.666. The summed E-state index contributed by atoms with van der Waals surface area (Å²) < 4.78 is 0. The average Bonchev–Trinajstić information content (AvgIpc) is 2.52. The highest BCUT2D eigenvalue weighted by Gasteiger charge is 2.57. The SMILES string of the molecule is C[C@H]1CC[C@@H]2C3CC[C@@]4(C)C(CCC[C@@H]4CN)[C@@H]3CC[C@]2(C)C1. The van der Waals surface area contributed by atoms with Gasteiger partial charge in [-0.15, -0.1) is 0 Å². The van der Waals surface area contributed by atoms with Crippen LogP contribution in [0.2, 0.25) is 0 Å². The lowest BCUT2D eigenvalue weighted by atomic mass is 9.42. The summed E-state index contributed by atoms with van der Waals surface area (Å²) in [5.41, 5.74) is 7.45. The summed E-state index contributed by atoms with van der Waals surface area (Å²) in [5, 5.41) is 0. The molecule has 0 aromatic rings. The second kappa shape index (κ2) is 5.75. The Hall–Kier alpha value is -0.0400. The van der Waals surface area contributed by atoms with Crippen LogP contribution in [0.4, 0.5) is 0 Å². The molecule has 0 saturated heterocycles. The maximum Gasteiger partial charge on any atom is -0.00436 e. The zero-order chi connectivity index (χ0) is 16.2. The summed E-state index contributed by atoms with van der Waals surface area (Å²) in [4.78, 5) is 0. The second-order valence-electron chi connectivity index (χ2n) is 10.5. The molecule has 1 heteroatoms. The van der Waals surface area contributed by atoms with Gasteiger partial charge < -0.3 is 5.73 Å². The molecule has 0 spiro atoms. The molecule has 1 nitrogen and oxygen atoms in total. The van der Waals surface area contributed by atoms with E-state index in [1.807, 2.05) is 0 Å². The van der Waals surface area contributed by atoms with E-state index in [9.17, 15) is 0 Å². The largest absolute Gasteiger partial charge is 0.330 e. The molecular weight excluding hydrogens is 278 g/mol. The van der Waals surface area contributed by atoms with Crippen LogP contribution in [-0.2, 0) is 0 Å². The van der Waals surface area contributed by atoms with Crippen LogP contribution in [0.1, 0.15) is 85.0 Å². The zero-order valence-electron chi connectivity index (χ0n) is 15.8. The molecule has 2 N–H and O–H groups in total. The number of rotatable bonds is 1. The van der Waals surface area contributed by atoms with Crippen LogP contribution in [0.15, 0.2) is 0 Å². The highest BCUT2D eigenvalue weighted by Crippen LogP contribution is 2.65. The predicted octanol–water partition coefficient (Wildman–Crippen LogP) is 5.63. The normalized spacial score (nSPS) is 56.3. The summed E-state index contributed by atoms with van der Waals surface area (Å²) in [6, 6.07) is 0. The molecule has 4 aliphatic rings. The van der Waals surface area contributed by atoms with Crippen LogP contribution in [0.25, 0.3) is 0 Å². The van der Waals surface area contributed by atoms with E-state index in [2.05, 4.69) is 20.8 Å². The molecular formula is C22H39N.